The summed E-state index contributed by atoms with van der Waals surface area (Å²) in [6.07, 6.45) is -2.06. The Balaban J connectivity index is 1.77. The zero-order valence-corrected chi connectivity index (χ0v) is 20.8. The van der Waals surface area contributed by atoms with Gasteiger partial charge in [-0.3, -0.25) is 0 Å². The number of hydrogen-bond acceptors (Lipinski definition) is 4. The van der Waals surface area contributed by atoms with Crippen molar-refractivity contribution in [3.63, 3.8) is 0 Å². The first-order valence-electron chi connectivity index (χ1n) is 11.8. The van der Waals surface area contributed by atoms with Crippen LogP contribution in [0.25, 0.3) is 22.5 Å². The first-order chi connectivity index (χ1) is 17.1. The van der Waals surface area contributed by atoms with Gasteiger partial charge < -0.3 is 14.8 Å². The summed E-state index contributed by atoms with van der Waals surface area (Å²) >= 11 is 0. The lowest BCUT2D eigenvalue weighted by Gasteiger charge is -2.16. The zero-order chi connectivity index (χ0) is 25.9. The summed E-state index contributed by atoms with van der Waals surface area (Å²) in [7, 11) is 5.86. The number of hydrogen-bond donors (Lipinski definition) is 1. The second kappa shape index (κ2) is 10.5. The summed E-state index contributed by atoms with van der Waals surface area (Å²) in [6.45, 7) is 2.82. The van der Waals surface area contributed by atoms with Gasteiger partial charge in [0.15, 0.2) is 0 Å². The molecule has 2 heterocycles. The van der Waals surface area contributed by atoms with Crippen molar-refractivity contribution in [2.24, 2.45) is 7.05 Å². The number of rotatable bonds is 8. The summed E-state index contributed by atoms with van der Waals surface area (Å²) < 4.78 is 42.4. The van der Waals surface area contributed by atoms with E-state index in [4.69, 9.17) is 4.98 Å². The fourth-order valence-corrected chi connectivity index (χ4v) is 4.17. The summed E-state index contributed by atoms with van der Waals surface area (Å²) in [5.74, 6) is 1.48. The first-order valence-corrected chi connectivity index (χ1v) is 11.8. The molecule has 0 spiro atoms. The maximum atomic E-state index is 13.5. The lowest BCUT2D eigenvalue weighted by atomic mass is 10.0. The monoisotopic (exact) mass is 493 g/mol. The number of pyridine rings is 1. The number of anilines is 1. The molecule has 0 aliphatic carbocycles. The summed E-state index contributed by atoms with van der Waals surface area (Å²) in [5, 5.41) is 3.43. The third-order valence-corrected chi connectivity index (χ3v) is 6.13. The van der Waals surface area contributed by atoms with Gasteiger partial charge in [0.2, 0.25) is 0 Å². The summed E-state index contributed by atoms with van der Waals surface area (Å²) in [4.78, 5) is 11.4. The third kappa shape index (κ3) is 5.76. The molecule has 1 unspecified atom stereocenters. The van der Waals surface area contributed by atoms with Gasteiger partial charge in [0.1, 0.15) is 11.6 Å². The maximum absolute atomic E-state index is 13.5. The maximum Gasteiger partial charge on any atom is 0.416 e. The number of aromatic nitrogens is 3. The fourth-order valence-electron chi connectivity index (χ4n) is 4.17. The van der Waals surface area contributed by atoms with E-state index in [1.807, 2.05) is 68.2 Å². The normalized spacial score (nSPS) is 12.7. The first kappa shape index (κ1) is 25.4. The molecule has 0 saturated carbocycles. The van der Waals surface area contributed by atoms with Crippen LogP contribution in [0, 0.1) is 0 Å². The Bertz CT molecular complexity index is 1310. The van der Waals surface area contributed by atoms with Crippen LogP contribution in [-0.4, -0.2) is 40.1 Å². The number of alkyl halides is 3. The van der Waals surface area contributed by atoms with E-state index in [0.29, 0.717) is 23.5 Å². The molecule has 4 rings (SSSR count). The Kier molecular flexibility index (Phi) is 7.45. The highest BCUT2D eigenvalue weighted by Crippen LogP contribution is 2.37. The quantitative estimate of drug-likeness (QED) is 0.307. The van der Waals surface area contributed by atoms with Crippen LogP contribution in [0.5, 0.6) is 0 Å². The zero-order valence-electron chi connectivity index (χ0n) is 20.8. The van der Waals surface area contributed by atoms with Crippen LogP contribution in [0.4, 0.5) is 19.0 Å². The molecular weight excluding hydrogens is 463 g/mol. The molecule has 0 fully saturated rings. The average molecular weight is 494 g/mol. The summed E-state index contributed by atoms with van der Waals surface area (Å²) in [5.41, 5.74) is 2.95. The van der Waals surface area contributed by atoms with Crippen LogP contribution in [0.1, 0.15) is 29.9 Å². The van der Waals surface area contributed by atoms with Crippen molar-refractivity contribution in [1.29, 1.82) is 0 Å². The van der Waals surface area contributed by atoms with Crippen LogP contribution in [0.3, 0.4) is 0 Å². The molecule has 0 amide bonds. The standard InChI is InChI=1S/C28H30F3N5/c1-19(20-9-6-5-7-10-20)33-24-18-22(13-15-32-24)27-26(34-25(36(27)4)14-16-35(2)3)21-11-8-12-23(17-21)28(29,30)31/h5-13,15,17-19H,14,16H2,1-4H3,(H,32,33). The third-order valence-electron chi connectivity index (χ3n) is 6.13. The largest absolute Gasteiger partial charge is 0.416 e. The van der Waals surface area contributed by atoms with Crippen LogP contribution >= 0.6 is 0 Å². The minimum atomic E-state index is -4.43. The Morgan fingerprint density at radius 2 is 1.72 bits per heavy atom. The topological polar surface area (TPSA) is 46.0 Å². The molecule has 8 heteroatoms. The van der Waals surface area contributed by atoms with Crippen molar-refractivity contribution in [3.05, 3.63) is 89.9 Å². The van der Waals surface area contributed by atoms with Crippen LogP contribution in [0.15, 0.2) is 72.9 Å². The average Bonchev–Trinajstić information content (AvgIpc) is 3.19. The highest BCUT2D eigenvalue weighted by Gasteiger charge is 2.31. The molecule has 2 aromatic heterocycles. The fraction of sp³-hybridized carbons (Fsp3) is 0.286. The van der Waals surface area contributed by atoms with Gasteiger partial charge in [-0.15, -0.1) is 0 Å². The van der Waals surface area contributed by atoms with Crippen LogP contribution in [0.2, 0.25) is 0 Å². The van der Waals surface area contributed by atoms with E-state index in [2.05, 4.69) is 22.1 Å². The van der Waals surface area contributed by atoms with E-state index in [-0.39, 0.29) is 6.04 Å². The van der Waals surface area contributed by atoms with Gasteiger partial charge in [-0.25, -0.2) is 9.97 Å². The van der Waals surface area contributed by atoms with Crippen molar-refractivity contribution < 1.29 is 13.2 Å². The number of likely N-dealkylation sites (N-methyl/N-ethyl adjacent to an activating group) is 1. The molecule has 1 atom stereocenters. The molecule has 0 bridgehead atoms. The van der Waals surface area contributed by atoms with E-state index in [0.717, 1.165) is 35.3 Å². The van der Waals surface area contributed by atoms with E-state index < -0.39 is 11.7 Å². The molecule has 0 aliphatic heterocycles. The second-order valence-corrected chi connectivity index (χ2v) is 9.12. The van der Waals surface area contributed by atoms with Crippen molar-refractivity contribution >= 4 is 5.82 Å². The van der Waals surface area contributed by atoms with Crippen molar-refractivity contribution in [2.75, 3.05) is 26.0 Å². The number of benzene rings is 2. The molecule has 36 heavy (non-hydrogen) atoms. The van der Waals surface area contributed by atoms with Gasteiger partial charge in [-0.05, 0) is 50.8 Å². The smallest absolute Gasteiger partial charge is 0.364 e. The van der Waals surface area contributed by atoms with E-state index in [9.17, 15) is 13.2 Å². The Morgan fingerprint density at radius 3 is 2.42 bits per heavy atom. The molecule has 5 nitrogen and oxygen atoms in total. The predicted molar refractivity (Wildman–Crippen MR) is 138 cm³/mol. The number of nitrogens with zero attached hydrogens (tertiary/aromatic N) is 4. The Morgan fingerprint density at radius 1 is 0.972 bits per heavy atom. The number of nitrogens with one attached hydrogen (secondary N) is 1. The Labute approximate surface area is 209 Å². The summed E-state index contributed by atoms with van der Waals surface area (Å²) in [6, 6.07) is 19.2. The highest BCUT2D eigenvalue weighted by atomic mass is 19.4. The van der Waals surface area contributed by atoms with Gasteiger partial charge in [-0.1, -0.05) is 42.5 Å². The number of halogens is 3. The molecule has 2 aromatic carbocycles. The number of imidazole rings is 1. The van der Waals surface area contributed by atoms with E-state index in [1.54, 1.807) is 12.3 Å². The molecule has 0 aliphatic rings. The van der Waals surface area contributed by atoms with E-state index in [1.165, 1.54) is 12.1 Å². The molecule has 0 saturated heterocycles. The second-order valence-electron chi connectivity index (χ2n) is 9.12. The van der Waals surface area contributed by atoms with Crippen molar-refractivity contribution in [1.82, 2.24) is 19.4 Å². The molecule has 4 aromatic rings. The minimum Gasteiger partial charge on any atom is -0.364 e. The van der Waals surface area contributed by atoms with Gasteiger partial charge >= 0.3 is 6.18 Å². The minimum absolute atomic E-state index is 0.0269. The van der Waals surface area contributed by atoms with Gasteiger partial charge in [-0.2, -0.15) is 13.2 Å². The predicted octanol–water partition coefficient (Wildman–Crippen LogP) is 6.45. The highest BCUT2D eigenvalue weighted by molar-refractivity contribution is 5.80. The van der Waals surface area contributed by atoms with Crippen molar-refractivity contribution in [2.45, 2.75) is 25.6 Å². The molecule has 188 valence electrons. The van der Waals surface area contributed by atoms with Gasteiger partial charge in [0, 0.05) is 43.4 Å². The van der Waals surface area contributed by atoms with Gasteiger partial charge in [0.25, 0.3) is 0 Å². The SMILES string of the molecule is CC(Nc1cc(-c2c(-c3cccc(C(F)(F)F)c3)nc(CCN(C)C)n2C)ccn1)c1ccccc1. The lowest BCUT2D eigenvalue weighted by Crippen LogP contribution is -2.17. The molecule has 0 radical (unpaired) electrons. The molecular formula is C28H30F3N5. The lowest BCUT2D eigenvalue weighted by molar-refractivity contribution is -0.137. The van der Waals surface area contributed by atoms with Gasteiger partial charge in [0.05, 0.1) is 17.0 Å². The Hall–Kier alpha value is -3.65. The van der Waals surface area contributed by atoms with Crippen LogP contribution in [-0.2, 0) is 19.6 Å². The molecule has 1 N–H and O–H groups in total. The van der Waals surface area contributed by atoms with Crippen LogP contribution < -0.4 is 5.32 Å². The van der Waals surface area contributed by atoms with E-state index >= 15 is 0 Å². The van der Waals surface area contributed by atoms with Crippen molar-refractivity contribution in [3.8, 4) is 22.5 Å².